The molecule has 1 aromatic heterocycles. The Kier molecular flexibility index (Phi) is 7.55. The Morgan fingerprint density at radius 1 is 1.13 bits per heavy atom. The van der Waals surface area contributed by atoms with Gasteiger partial charge in [-0.25, -0.2) is 4.98 Å². The first-order chi connectivity index (χ1) is 14.6. The Hall–Kier alpha value is -1.31. The highest BCUT2D eigenvalue weighted by Crippen LogP contribution is 2.32. The topological polar surface area (TPSA) is 36.3 Å². The monoisotopic (exact) mass is 506 g/mol. The number of nitrogens with zero attached hydrogens (tertiary/aromatic N) is 2. The number of aryl methyl sites for hydroxylation is 1. The van der Waals surface area contributed by atoms with Crippen molar-refractivity contribution in [3.05, 3.63) is 87.9 Å². The van der Waals surface area contributed by atoms with Crippen LogP contribution in [0.3, 0.4) is 0 Å². The number of thioether (sulfide) groups is 1. The van der Waals surface area contributed by atoms with Crippen molar-refractivity contribution >= 4 is 39.3 Å². The van der Waals surface area contributed by atoms with Crippen LogP contribution in [0.5, 0.6) is 0 Å². The molecule has 3 aromatic rings. The third-order valence-corrected chi connectivity index (χ3v) is 7.02. The van der Waals surface area contributed by atoms with E-state index < -0.39 is 5.79 Å². The fourth-order valence-electron chi connectivity index (χ4n) is 3.52. The molecule has 0 radical (unpaired) electrons. The van der Waals surface area contributed by atoms with Gasteiger partial charge in [-0.3, -0.25) is 0 Å². The molecule has 0 amide bonds. The molecule has 158 valence electrons. The smallest absolute Gasteiger partial charge is 0.187 e. The predicted molar refractivity (Wildman–Crippen MR) is 126 cm³/mol. The molecule has 2 heterocycles. The zero-order valence-electron chi connectivity index (χ0n) is 16.5. The number of aromatic nitrogens is 2. The summed E-state index contributed by atoms with van der Waals surface area (Å²) in [7, 11) is 0. The van der Waals surface area contributed by atoms with E-state index in [-0.39, 0.29) is 6.10 Å². The van der Waals surface area contributed by atoms with Gasteiger partial charge in [0.25, 0.3) is 0 Å². The summed E-state index contributed by atoms with van der Waals surface area (Å²) in [6, 6.07) is 16.4. The first kappa shape index (κ1) is 21.9. The van der Waals surface area contributed by atoms with Crippen LogP contribution in [0, 0.1) is 0 Å². The fraction of sp³-hybridized carbons (Fsp3) is 0.348. The Labute approximate surface area is 195 Å². The normalized spacial score (nSPS) is 21.2. The number of imidazole rings is 1. The lowest BCUT2D eigenvalue weighted by atomic mass is 10.0. The van der Waals surface area contributed by atoms with Crippen LogP contribution in [0.2, 0.25) is 5.02 Å². The van der Waals surface area contributed by atoms with Crippen molar-refractivity contribution in [2.75, 3.05) is 12.4 Å². The van der Waals surface area contributed by atoms with Gasteiger partial charge in [-0.15, -0.1) is 0 Å². The SMILES string of the molecule is Clc1ccc(CCC2(Cn3ccnc3)OCC(CSCc3ccc(Br)cc3)O2)cc1. The molecule has 2 atom stereocenters. The molecule has 0 bridgehead atoms. The van der Waals surface area contributed by atoms with E-state index in [0.29, 0.717) is 13.2 Å². The molecule has 7 heteroatoms. The second-order valence-corrected chi connectivity index (χ2v) is 9.85. The lowest BCUT2D eigenvalue weighted by Crippen LogP contribution is -2.37. The van der Waals surface area contributed by atoms with Gasteiger partial charge in [-0.2, -0.15) is 11.8 Å². The summed E-state index contributed by atoms with van der Waals surface area (Å²) in [5.74, 6) is 1.23. The van der Waals surface area contributed by atoms with Crippen molar-refractivity contribution in [1.82, 2.24) is 9.55 Å². The summed E-state index contributed by atoms with van der Waals surface area (Å²) in [6.45, 7) is 1.25. The van der Waals surface area contributed by atoms with E-state index in [1.165, 1.54) is 11.1 Å². The fourth-order valence-corrected chi connectivity index (χ4v) is 4.89. The molecule has 0 spiro atoms. The summed E-state index contributed by atoms with van der Waals surface area (Å²) < 4.78 is 15.9. The maximum Gasteiger partial charge on any atom is 0.187 e. The average molecular weight is 508 g/mol. The molecular weight excluding hydrogens is 484 g/mol. The highest BCUT2D eigenvalue weighted by atomic mass is 79.9. The van der Waals surface area contributed by atoms with Crippen LogP contribution in [0.4, 0.5) is 0 Å². The van der Waals surface area contributed by atoms with Gasteiger partial charge < -0.3 is 14.0 Å². The van der Waals surface area contributed by atoms with Gasteiger partial charge in [0.2, 0.25) is 0 Å². The third kappa shape index (κ3) is 6.11. The molecule has 2 unspecified atom stereocenters. The van der Waals surface area contributed by atoms with Crippen molar-refractivity contribution in [2.24, 2.45) is 0 Å². The first-order valence-electron chi connectivity index (χ1n) is 9.94. The van der Waals surface area contributed by atoms with Gasteiger partial charge >= 0.3 is 0 Å². The van der Waals surface area contributed by atoms with E-state index >= 15 is 0 Å². The lowest BCUT2D eigenvalue weighted by Gasteiger charge is -2.28. The van der Waals surface area contributed by atoms with Gasteiger partial charge in [-0.1, -0.05) is 51.8 Å². The van der Waals surface area contributed by atoms with Crippen molar-refractivity contribution < 1.29 is 9.47 Å². The largest absolute Gasteiger partial charge is 0.345 e. The van der Waals surface area contributed by atoms with Crippen molar-refractivity contribution in [3.8, 4) is 0 Å². The quantitative estimate of drug-likeness (QED) is 0.357. The highest BCUT2D eigenvalue weighted by molar-refractivity contribution is 9.10. The number of benzene rings is 2. The van der Waals surface area contributed by atoms with Gasteiger partial charge in [0, 0.05) is 39.8 Å². The van der Waals surface area contributed by atoms with Gasteiger partial charge in [0.05, 0.1) is 25.6 Å². The second kappa shape index (κ2) is 10.3. The van der Waals surface area contributed by atoms with Crippen LogP contribution >= 0.6 is 39.3 Å². The molecular formula is C23H24BrClN2O2S. The van der Waals surface area contributed by atoms with Gasteiger partial charge in [0.15, 0.2) is 5.79 Å². The Morgan fingerprint density at radius 3 is 2.63 bits per heavy atom. The lowest BCUT2D eigenvalue weighted by molar-refractivity contribution is -0.180. The molecule has 1 aliphatic rings. The number of hydrogen-bond acceptors (Lipinski definition) is 4. The molecule has 2 aromatic carbocycles. The number of rotatable bonds is 9. The maximum atomic E-state index is 6.50. The van der Waals surface area contributed by atoms with E-state index in [0.717, 1.165) is 33.8 Å². The minimum absolute atomic E-state index is 0.0826. The first-order valence-corrected chi connectivity index (χ1v) is 12.3. The number of ether oxygens (including phenoxy) is 2. The Morgan fingerprint density at radius 2 is 1.90 bits per heavy atom. The molecule has 1 aliphatic heterocycles. The molecule has 30 heavy (non-hydrogen) atoms. The van der Waals surface area contributed by atoms with Crippen molar-refractivity contribution in [3.63, 3.8) is 0 Å². The zero-order valence-corrected chi connectivity index (χ0v) is 19.7. The highest BCUT2D eigenvalue weighted by Gasteiger charge is 2.41. The van der Waals surface area contributed by atoms with E-state index in [1.54, 1.807) is 6.20 Å². The van der Waals surface area contributed by atoms with Crippen molar-refractivity contribution in [2.45, 2.75) is 37.0 Å². The number of halogens is 2. The molecule has 4 rings (SSSR count). The zero-order chi connectivity index (χ0) is 20.8. The Balaban J connectivity index is 1.35. The van der Waals surface area contributed by atoms with E-state index in [1.807, 2.05) is 41.0 Å². The summed E-state index contributed by atoms with van der Waals surface area (Å²) in [5, 5.41) is 0.753. The Bertz CT molecular complexity index is 921. The predicted octanol–water partition coefficient (Wildman–Crippen LogP) is 5.98. The molecule has 0 N–H and O–H groups in total. The van der Waals surface area contributed by atoms with E-state index in [2.05, 4.69) is 57.3 Å². The minimum atomic E-state index is -0.636. The minimum Gasteiger partial charge on any atom is -0.345 e. The molecule has 4 nitrogen and oxygen atoms in total. The second-order valence-electron chi connectivity index (χ2n) is 7.46. The van der Waals surface area contributed by atoms with Crippen LogP contribution in [-0.2, 0) is 28.2 Å². The molecule has 1 saturated heterocycles. The molecule has 0 aliphatic carbocycles. The summed E-state index contributed by atoms with van der Waals surface area (Å²) in [5.41, 5.74) is 2.54. The van der Waals surface area contributed by atoms with Gasteiger partial charge in [0.1, 0.15) is 0 Å². The number of hydrogen-bond donors (Lipinski definition) is 0. The van der Waals surface area contributed by atoms with Crippen LogP contribution in [-0.4, -0.2) is 33.8 Å². The van der Waals surface area contributed by atoms with E-state index in [4.69, 9.17) is 21.1 Å². The van der Waals surface area contributed by atoms with E-state index in [9.17, 15) is 0 Å². The standard InChI is InChI=1S/C23H24BrClN2O2S/c24-20-5-1-19(2-6-20)14-30-15-22-13-28-23(29-22,16-27-12-11-26-17-27)10-9-18-3-7-21(25)8-4-18/h1-8,11-12,17,22H,9-10,13-16H2. The summed E-state index contributed by atoms with van der Waals surface area (Å²) in [6.07, 6.45) is 7.27. The molecule has 0 saturated carbocycles. The van der Waals surface area contributed by atoms with Crippen molar-refractivity contribution in [1.29, 1.82) is 0 Å². The van der Waals surface area contributed by atoms with Crippen LogP contribution < -0.4 is 0 Å². The van der Waals surface area contributed by atoms with Crippen LogP contribution in [0.25, 0.3) is 0 Å². The van der Waals surface area contributed by atoms with Gasteiger partial charge in [-0.05, 0) is 41.8 Å². The summed E-state index contributed by atoms with van der Waals surface area (Å²) in [4.78, 5) is 4.16. The van der Waals surface area contributed by atoms with Crippen LogP contribution in [0.15, 0.2) is 71.7 Å². The maximum absolute atomic E-state index is 6.50. The molecule has 1 fully saturated rings. The van der Waals surface area contributed by atoms with Crippen LogP contribution in [0.1, 0.15) is 17.5 Å². The summed E-state index contributed by atoms with van der Waals surface area (Å²) >= 11 is 11.4. The third-order valence-electron chi connectivity index (χ3n) is 5.09. The average Bonchev–Trinajstić information content (AvgIpc) is 3.40.